The highest BCUT2D eigenvalue weighted by Crippen LogP contribution is 2.31. The molecule has 9 heteroatoms. The van der Waals surface area contributed by atoms with E-state index < -0.39 is 0 Å². The first-order chi connectivity index (χ1) is 12.2. The van der Waals surface area contributed by atoms with Gasteiger partial charge in [0.2, 0.25) is 0 Å². The van der Waals surface area contributed by atoms with Gasteiger partial charge in [0.1, 0.15) is 0 Å². The smallest absolute Gasteiger partial charge is 0.260 e. The van der Waals surface area contributed by atoms with E-state index in [1.165, 1.54) is 18.9 Å². The third-order valence-corrected chi connectivity index (χ3v) is 4.03. The standard InChI is InChI=1S/C16H20N4O4S/c1-22-14-9-12(19-16(25-2)18-11-17)3-4-13(14)24-10-15(21)20-5-7-23-8-6-20/h3-4,9H,5-8,10H2,1-2H3,(H,18,19). The van der Waals surface area contributed by atoms with Crippen LogP contribution in [0.5, 0.6) is 11.5 Å². The van der Waals surface area contributed by atoms with Crippen molar-refractivity contribution < 1.29 is 19.0 Å². The summed E-state index contributed by atoms with van der Waals surface area (Å²) in [7, 11) is 1.52. The normalized spacial score (nSPS) is 14.6. The van der Waals surface area contributed by atoms with E-state index in [2.05, 4.69) is 10.3 Å². The van der Waals surface area contributed by atoms with Gasteiger partial charge >= 0.3 is 0 Å². The minimum absolute atomic E-state index is 0.0645. The van der Waals surface area contributed by atoms with Gasteiger partial charge in [-0.05, 0) is 18.4 Å². The first kappa shape index (κ1) is 18.9. The third-order valence-electron chi connectivity index (χ3n) is 3.45. The van der Waals surface area contributed by atoms with Crippen LogP contribution in [0.4, 0.5) is 5.69 Å². The fourth-order valence-corrected chi connectivity index (χ4v) is 2.52. The van der Waals surface area contributed by atoms with Crippen molar-refractivity contribution >= 4 is 28.5 Å². The van der Waals surface area contributed by atoms with Crippen LogP contribution in [0.1, 0.15) is 0 Å². The van der Waals surface area contributed by atoms with Crippen LogP contribution in [-0.4, -0.2) is 62.3 Å². The molecule has 0 spiro atoms. The van der Waals surface area contributed by atoms with Gasteiger partial charge in [-0.1, -0.05) is 11.8 Å². The molecule has 8 nitrogen and oxygen atoms in total. The van der Waals surface area contributed by atoms with Gasteiger partial charge in [0.25, 0.3) is 5.91 Å². The van der Waals surface area contributed by atoms with Crippen LogP contribution in [0.15, 0.2) is 23.2 Å². The van der Waals surface area contributed by atoms with E-state index in [0.717, 1.165) is 0 Å². The van der Waals surface area contributed by atoms with E-state index in [4.69, 9.17) is 19.5 Å². The Morgan fingerprint density at radius 1 is 1.44 bits per heavy atom. The Balaban J connectivity index is 2.03. The maximum atomic E-state index is 12.1. The highest BCUT2D eigenvalue weighted by atomic mass is 32.2. The molecule has 1 amide bonds. The van der Waals surface area contributed by atoms with Gasteiger partial charge in [-0.15, -0.1) is 0 Å². The zero-order valence-electron chi connectivity index (χ0n) is 14.2. The molecule has 1 saturated heterocycles. The zero-order chi connectivity index (χ0) is 18.1. The molecule has 0 atom stereocenters. The molecule has 0 radical (unpaired) electrons. The monoisotopic (exact) mass is 364 g/mol. The van der Waals surface area contributed by atoms with Gasteiger partial charge in [0, 0.05) is 19.2 Å². The van der Waals surface area contributed by atoms with Crippen molar-refractivity contribution in [3.8, 4) is 17.7 Å². The summed E-state index contributed by atoms with van der Waals surface area (Å²) < 4.78 is 16.1. The van der Waals surface area contributed by atoms with Crippen molar-refractivity contribution in [1.82, 2.24) is 10.2 Å². The molecule has 2 rings (SSSR count). The summed E-state index contributed by atoms with van der Waals surface area (Å²) in [5.41, 5.74) is 0.607. The number of amides is 1. The summed E-state index contributed by atoms with van der Waals surface area (Å²) in [5.74, 6) is 0.839. The predicted molar refractivity (Wildman–Crippen MR) is 95.2 cm³/mol. The van der Waals surface area contributed by atoms with Gasteiger partial charge in [-0.2, -0.15) is 5.26 Å². The Hall–Kier alpha value is -2.44. The number of hydrogen-bond acceptors (Lipinski definition) is 7. The maximum absolute atomic E-state index is 12.1. The van der Waals surface area contributed by atoms with Gasteiger partial charge < -0.3 is 19.1 Å². The van der Waals surface area contributed by atoms with Crippen LogP contribution in [0.25, 0.3) is 0 Å². The molecule has 1 N–H and O–H groups in total. The minimum atomic E-state index is -0.0876. The van der Waals surface area contributed by atoms with Gasteiger partial charge in [0.15, 0.2) is 29.5 Å². The van der Waals surface area contributed by atoms with E-state index in [9.17, 15) is 4.79 Å². The molecule has 1 aromatic rings. The Morgan fingerprint density at radius 3 is 2.84 bits per heavy atom. The molecular weight excluding hydrogens is 344 g/mol. The van der Waals surface area contributed by atoms with Crippen molar-refractivity contribution in [1.29, 1.82) is 5.26 Å². The van der Waals surface area contributed by atoms with Crippen LogP contribution >= 0.6 is 11.8 Å². The second-order valence-electron chi connectivity index (χ2n) is 4.97. The lowest BCUT2D eigenvalue weighted by atomic mass is 10.3. The predicted octanol–water partition coefficient (Wildman–Crippen LogP) is 1.35. The van der Waals surface area contributed by atoms with Crippen molar-refractivity contribution in [2.45, 2.75) is 0 Å². The molecule has 1 heterocycles. The van der Waals surface area contributed by atoms with E-state index in [-0.39, 0.29) is 12.5 Å². The summed E-state index contributed by atoms with van der Waals surface area (Å²) in [6.07, 6.45) is 3.65. The van der Waals surface area contributed by atoms with E-state index in [1.807, 2.05) is 12.4 Å². The highest BCUT2D eigenvalue weighted by Gasteiger charge is 2.18. The summed E-state index contributed by atoms with van der Waals surface area (Å²) in [5, 5.41) is 11.6. The van der Waals surface area contributed by atoms with Gasteiger partial charge in [-0.3, -0.25) is 10.1 Å². The second kappa shape index (κ2) is 9.76. The second-order valence-corrected chi connectivity index (χ2v) is 5.77. The molecule has 0 bridgehead atoms. The van der Waals surface area contributed by atoms with Crippen molar-refractivity contribution in [2.24, 2.45) is 4.99 Å². The molecule has 1 fully saturated rings. The lowest BCUT2D eigenvalue weighted by Crippen LogP contribution is -2.42. The number of ether oxygens (including phenoxy) is 3. The molecule has 0 saturated carbocycles. The number of nitrogens with one attached hydrogen (secondary N) is 1. The molecule has 1 aliphatic rings. The molecule has 0 unspecified atom stereocenters. The topological polar surface area (TPSA) is 96.2 Å². The zero-order valence-corrected chi connectivity index (χ0v) is 15.0. The number of morpholine rings is 1. The molecule has 25 heavy (non-hydrogen) atoms. The SMILES string of the molecule is COc1cc(N=C(NC#N)SC)ccc1OCC(=O)N1CCOCC1. The van der Waals surface area contributed by atoms with Crippen LogP contribution in [0, 0.1) is 11.5 Å². The molecule has 0 aromatic heterocycles. The number of nitriles is 1. The fourth-order valence-electron chi connectivity index (χ4n) is 2.18. The molecule has 1 aromatic carbocycles. The third kappa shape index (κ3) is 5.55. The number of nitrogens with zero attached hydrogens (tertiary/aromatic N) is 3. The van der Waals surface area contributed by atoms with E-state index >= 15 is 0 Å². The lowest BCUT2D eigenvalue weighted by Gasteiger charge is -2.26. The Bertz CT molecular complexity index is 669. The summed E-state index contributed by atoms with van der Waals surface area (Å²) in [6, 6.07) is 5.10. The van der Waals surface area contributed by atoms with Crippen LogP contribution < -0.4 is 14.8 Å². The van der Waals surface area contributed by atoms with Gasteiger partial charge in [-0.25, -0.2) is 4.99 Å². The Labute approximate surface area is 150 Å². The highest BCUT2D eigenvalue weighted by molar-refractivity contribution is 8.13. The van der Waals surface area contributed by atoms with Crippen molar-refractivity contribution in [2.75, 3.05) is 46.3 Å². The first-order valence-electron chi connectivity index (χ1n) is 7.62. The Morgan fingerprint density at radius 2 is 2.20 bits per heavy atom. The maximum Gasteiger partial charge on any atom is 0.260 e. The van der Waals surface area contributed by atoms with Crippen molar-refractivity contribution in [3.05, 3.63) is 18.2 Å². The molecule has 1 aliphatic heterocycles. The molecular formula is C16H20N4O4S. The van der Waals surface area contributed by atoms with Crippen LogP contribution in [0.2, 0.25) is 0 Å². The number of methoxy groups -OCH3 is 1. The molecule has 0 aliphatic carbocycles. The van der Waals surface area contributed by atoms with Crippen LogP contribution in [0.3, 0.4) is 0 Å². The van der Waals surface area contributed by atoms with E-state index in [1.54, 1.807) is 23.1 Å². The molecule has 134 valence electrons. The largest absolute Gasteiger partial charge is 0.493 e. The quantitative estimate of drug-likeness (QED) is 0.365. The lowest BCUT2D eigenvalue weighted by molar-refractivity contribution is -0.137. The van der Waals surface area contributed by atoms with Gasteiger partial charge in [0.05, 0.1) is 26.0 Å². The number of aliphatic imine (C=N–C) groups is 1. The first-order valence-corrected chi connectivity index (χ1v) is 8.84. The average molecular weight is 364 g/mol. The summed E-state index contributed by atoms with van der Waals surface area (Å²) >= 11 is 1.32. The number of carbonyl (C=O) groups excluding carboxylic acids is 1. The fraction of sp³-hybridized carbons (Fsp3) is 0.438. The van der Waals surface area contributed by atoms with E-state index in [0.29, 0.717) is 48.7 Å². The number of carbonyl (C=O) groups is 1. The minimum Gasteiger partial charge on any atom is -0.493 e. The number of rotatable bonds is 5. The number of thioether (sulfide) groups is 1. The summed E-state index contributed by atoms with van der Waals surface area (Å²) in [4.78, 5) is 18.2. The average Bonchev–Trinajstić information content (AvgIpc) is 2.66. The Kier molecular flexibility index (Phi) is 7.37. The summed E-state index contributed by atoms with van der Waals surface area (Å²) in [6.45, 7) is 2.20. The number of amidine groups is 1. The van der Waals surface area contributed by atoms with Crippen molar-refractivity contribution in [3.63, 3.8) is 0 Å². The number of hydrogen-bond donors (Lipinski definition) is 1. The number of benzene rings is 1. The van der Waals surface area contributed by atoms with Crippen LogP contribution in [-0.2, 0) is 9.53 Å².